The van der Waals surface area contributed by atoms with Gasteiger partial charge in [0.25, 0.3) is 0 Å². The Labute approximate surface area is 109 Å². The standard InChI is InChI=1S/C14H23N3O/c1-9(2)14(18)8-17(7-10(14)3)13-6-15-11(4)12(5)16-13/h6,9-10,18H,7-8H2,1-5H3/t10-,14-/m0/s1. The number of hydrogen-bond donors (Lipinski definition) is 1. The molecule has 0 unspecified atom stereocenters. The molecule has 100 valence electrons. The fraction of sp³-hybridized carbons (Fsp3) is 0.714. The third-order valence-electron chi connectivity index (χ3n) is 4.30. The maximum atomic E-state index is 10.7. The SMILES string of the molecule is Cc1ncc(N2C[C@H](C)[C@@](O)(C(C)C)C2)nc1C. The summed E-state index contributed by atoms with van der Waals surface area (Å²) in [6, 6.07) is 0. The molecule has 0 spiro atoms. The average molecular weight is 249 g/mol. The van der Waals surface area contributed by atoms with Crippen LogP contribution in [-0.2, 0) is 0 Å². The van der Waals surface area contributed by atoms with Gasteiger partial charge in [-0.05, 0) is 19.8 Å². The molecule has 1 aromatic rings. The van der Waals surface area contributed by atoms with Crippen LogP contribution in [0.4, 0.5) is 5.82 Å². The van der Waals surface area contributed by atoms with Gasteiger partial charge in [-0.25, -0.2) is 4.98 Å². The number of nitrogens with zero attached hydrogens (tertiary/aromatic N) is 3. The van der Waals surface area contributed by atoms with E-state index >= 15 is 0 Å². The zero-order valence-electron chi connectivity index (χ0n) is 11.9. The average Bonchev–Trinajstić information content (AvgIpc) is 2.61. The number of rotatable bonds is 2. The van der Waals surface area contributed by atoms with Crippen LogP contribution in [0.25, 0.3) is 0 Å². The van der Waals surface area contributed by atoms with Crippen molar-refractivity contribution in [3.63, 3.8) is 0 Å². The highest BCUT2D eigenvalue weighted by Crippen LogP contribution is 2.35. The van der Waals surface area contributed by atoms with Gasteiger partial charge in [0, 0.05) is 19.0 Å². The molecule has 0 radical (unpaired) electrons. The second kappa shape index (κ2) is 4.50. The van der Waals surface area contributed by atoms with Gasteiger partial charge in [-0.3, -0.25) is 4.98 Å². The van der Waals surface area contributed by atoms with Crippen LogP contribution < -0.4 is 4.90 Å². The van der Waals surface area contributed by atoms with E-state index in [-0.39, 0.29) is 11.8 Å². The third-order valence-corrected chi connectivity index (χ3v) is 4.30. The summed E-state index contributed by atoms with van der Waals surface area (Å²) in [5.74, 6) is 1.37. The summed E-state index contributed by atoms with van der Waals surface area (Å²) < 4.78 is 0. The molecule has 1 saturated heterocycles. The van der Waals surface area contributed by atoms with Crippen molar-refractivity contribution in [1.29, 1.82) is 0 Å². The highest BCUT2D eigenvalue weighted by atomic mass is 16.3. The summed E-state index contributed by atoms with van der Waals surface area (Å²) in [4.78, 5) is 11.1. The Morgan fingerprint density at radius 1 is 1.39 bits per heavy atom. The Balaban J connectivity index is 2.24. The summed E-state index contributed by atoms with van der Waals surface area (Å²) in [7, 11) is 0. The van der Waals surface area contributed by atoms with E-state index in [1.807, 2.05) is 13.8 Å². The zero-order valence-corrected chi connectivity index (χ0v) is 11.9. The fourth-order valence-electron chi connectivity index (χ4n) is 2.62. The van der Waals surface area contributed by atoms with E-state index < -0.39 is 5.60 Å². The summed E-state index contributed by atoms with van der Waals surface area (Å²) >= 11 is 0. The zero-order chi connectivity index (χ0) is 13.5. The van der Waals surface area contributed by atoms with Crippen molar-refractivity contribution in [1.82, 2.24) is 9.97 Å². The topological polar surface area (TPSA) is 49.2 Å². The second-order valence-corrected chi connectivity index (χ2v) is 5.83. The van der Waals surface area contributed by atoms with Gasteiger partial charge in [0.15, 0.2) is 0 Å². The lowest BCUT2D eigenvalue weighted by atomic mass is 9.82. The molecular formula is C14H23N3O. The molecule has 2 rings (SSSR count). The van der Waals surface area contributed by atoms with Crippen LogP contribution in [0.5, 0.6) is 0 Å². The molecule has 18 heavy (non-hydrogen) atoms. The van der Waals surface area contributed by atoms with Crippen LogP contribution >= 0.6 is 0 Å². The molecule has 1 aliphatic heterocycles. The maximum absolute atomic E-state index is 10.7. The number of aryl methyl sites for hydroxylation is 2. The maximum Gasteiger partial charge on any atom is 0.147 e. The Morgan fingerprint density at radius 2 is 2.06 bits per heavy atom. The lowest BCUT2D eigenvalue weighted by Crippen LogP contribution is -2.42. The molecule has 2 heterocycles. The Hall–Kier alpha value is -1.16. The molecule has 1 aromatic heterocycles. The summed E-state index contributed by atoms with van der Waals surface area (Å²) in [6.45, 7) is 11.7. The fourth-order valence-corrected chi connectivity index (χ4v) is 2.62. The van der Waals surface area contributed by atoms with Gasteiger partial charge in [0.2, 0.25) is 0 Å². The Bertz CT molecular complexity index is 447. The van der Waals surface area contributed by atoms with E-state index in [0.717, 1.165) is 23.8 Å². The number of hydrogen-bond acceptors (Lipinski definition) is 4. The van der Waals surface area contributed by atoms with Crippen molar-refractivity contribution in [2.24, 2.45) is 11.8 Å². The first-order valence-electron chi connectivity index (χ1n) is 6.62. The minimum absolute atomic E-state index is 0.247. The molecule has 0 aromatic carbocycles. The molecule has 0 bridgehead atoms. The molecule has 4 nitrogen and oxygen atoms in total. The van der Waals surface area contributed by atoms with E-state index in [2.05, 4.69) is 35.6 Å². The Morgan fingerprint density at radius 3 is 2.56 bits per heavy atom. The van der Waals surface area contributed by atoms with Gasteiger partial charge >= 0.3 is 0 Å². The van der Waals surface area contributed by atoms with Crippen LogP contribution in [0.1, 0.15) is 32.2 Å². The van der Waals surface area contributed by atoms with Crippen LogP contribution in [0, 0.1) is 25.7 Å². The van der Waals surface area contributed by atoms with Crippen LogP contribution in [0.15, 0.2) is 6.20 Å². The Kier molecular flexibility index (Phi) is 3.32. The van der Waals surface area contributed by atoms with Gasteiger partial charge in [0.1, 0.15) is 5.82 Å². The summed E-state index contributed by atoms with van der Waals surface area (Å²) in [5.41, 5.74) is 1.30. The van der Waals surface area contributed by atoms with Crippen molar-refractivity contribution in [3.8, 4) is 0 Å². The lowest BCUT2D eigenvalue weighted by molar-refractivity contribution is -0.0187. The molecule has 1 fully saturated rings. The quantitative estimate of drug-likeness (QED) is 0.870. The van der Waals surface area contributed by atoms with Crippen molar-refractivity contribution in [3.05, 3.63) is 17.6 Å². The van der Waals surface area contributed by atoms with Gasteiger partial charge in [-0.1, -0.05) is 20.8 Å². The van der Waals surface area contributed by atoms with E-state index in [9.17, 15) is 5.11 Å². The number of aromatic nitrogens is 2. The van der Waals surface area contributed by atoms with Crippen molar-refractivity contribution in [2.45, 2.75) is 40.2 Å². The third kappa shape index (κ3) is 2.09. The molecule has 0 saturated carbocycles. The monoisotopic (exact) mass is 249 g/mol. The highest BCUT2D eigenvalue weighted by Gasteiger charge is 2.45. The van der Waals surface area contributed by atoms with Crippen LogP contribution in [0.2, 0.25) is 0 Å². The summed E-state index contributed by atoms with van der Waals surface area (Å²) in [6.07, 6.45) is 1.81. The first-order valence-corrected chi connectivity index (χ1v) is 6.62. The van der Waals surface area contributed by atoms with Gasteiger partial charge in [-0.15, -0.1) is 0 Å². The van der Waals surface area contributed by atoms with Crippen molar-refractivity contribution >= 4 is 5.82 Å². The second-order valence-electron chi connectivity index (χ2n) is 5.83. The highest BCUT2D eigenvalue weighted by molar-refractivity contribution is 5.40. The van der Waals surface area contributed by atoms with Gasteiger partial charge in [-0.2, -0.15) is 0 Å². The normalized spacial score (nSPS) is 28.2. The van der Waals surface area contributed by atoms with Crippen molar-refractivity contribution < 1.29 is 5.11 Å². The molecular weight excluding hydrogens is 226 g/mol. The molecule has 1 aliphatic rings. The first-order chi connectivity index (χ1) is 8.34. The number of β-amino-alcohol motifs (C(OH)–C–C–N with tert-alkyl or cyclic N) is 1. The minimum atomic E-state index is -0.625. The minimum Gasteiger partial charge on any atom is -0.387 e. The van der Waals surface area contributed by atoms with E-state index in [1.165, 1.54) is 0 Å². The molecule has 1 N–H and O–H groups in total. The molecule has 4 heteroatoms. The van der Waals surface area contributed by atoms with E-state index in [4.69, 9.17) is 0 Å². The predicted molar refractivity (Wildman–Crippen MR) is 72.7 cm³/mol. The smallest absolute Gasteiger partial charge is 0.147 e. The van der Waals surface area contributed by atoms with Crippen LogP contribution in [-0.4, -0.2) is 33.8 Å². The van der Waals surface area contributed by atoms with Crippen molar-refractivity contribution in [2.75, 3.05) is 18.0 Å². The van der Waals surface area contributed by atoms with Gasteiger partial charge in [0.05, 0.1) is 23.2 Å². The lowest BCUT2D eigenvalue weighted by Gasteiger charge is -2.31. The molecule has 2 atom stereocenters. The van der Waals surface area contributed by atoms with Gasteiger partial charge < -0.3 is 10.0 Å². The first kappa shape index (κ1) is 13.3. The number of aliphatic hydroxyl groups is 1. The molecule has 0 aliphatic carbocycles. The van der Waals surface area contributed by atoms with Crippen LogP contribution in [0.3, 0.4) is 0 Å². The summed E-state index contributed by atoms with van der Waals surface area (Å²) in [5, 5.41) is 10.7. The number of anilines is 1. The molecule has 0 amide bonds. The largest absolute Gasteiger partial charge is 0.387 e. The predicted octanol–water partition coefficient (Wildman–Crippen LogP) is 1.94. The van der Waals surface area contributed by atoms with E-state index in [0.29, 0.717) is 6.54 Å². The van der Waals surface area contributed by atoms with E-state index in [1.54, 1.807) is 6.20 Å².